The van der Waals surface area contributed by atoms with Crippen LogP contribution in [0.5, 0.6) is 0 Å². The third-order valence-corrected chi connectivity index (χ3v) is 3.39. The lowest BCUT2D eigenvalue weighted by Gasteiger charge is -2.05. The molecule has 0 bridgehead atoms. The van der Waals surface area contributed by atoms with Crippen LogP contribution in [-0.4, -0.2) is 20.9 Å². The molecule has 3 N–H and O–H groups in total. The van der Waals surface area contributed by atoms with Gasteiger partial charge in [0.25, 0.3) is 0 Å². The van der Waals surface area contributed by atoms with Crippen LogP contribution in [0.2, 0.25) is 0 Å². The second-order valence-corrected chi connectivity index (χ2v) is 4.97. The number of carboxylic acid groups (broad SMARTS) is 1. The first-order chi connectivity index (χ1) is 10.6. The smallest absolute Gasteiger partial charge is 0.307 e. The van der Waals surface area contributed by atoms with Gasteiger partial charge in [0.15, 0.2) is 0 Å². The largest absolute Gasteiger partial charge is 0.481 e. The fraction of sp³-hybridized carbons (Fsp3) is 0.0588. The van der Waals surface area contributed by atoms with Gasteiger partial charge < -0.3 is 10.8 Å². The zero-order valence-electron chi connectivity index (χ0n) is 11.8. The van der Waals surface area contributed by atoms with Gasteiger partial charge in [-0.25, -0.2) is 4.68 Å². The number of carboxylic acids is 1. The summed E-state index contributed by atoms with van der Waals surface area (Å²) >= 11 is 0. The van der Waals surface area contributed by atoms with E-state index < -0.39 is 5.97 Å². The van der Waals surface area contributed by atoms with Gasteiger partial charge in [0.05, 0.1) is 17.8 Å². The number of nitrogens with two attached hydrogens (primary N) is 1. The molecule has 0 aliphatic rings. The summed E-state index contributed by atoms with van der Waals surface area (Å²) in [5.41, 5.74) is 9.63. The molecule has 1 heterocycles. The van der Waals surface area contributed by atoms with Crippen molar-refractivity contribution in [2.24, 2.45) is 0 Å². The van der Waals surface area contributed by atoms with Gasteiger partial charge in [-0.15, -0.1) is 0 Å². The highest BCUT2D eigenvalue weighted by Crippen LogP contribution is 2.23. The Morgan fingerprint density at radius 1 is 1.14 bits per heavy atom. The lowest BCUT2D eigenvalue weighted by molar-refractivity contribution is -0.136. The summed E-state index contributed by atoms with van der Waals surface area (Å²) in [6, 6.07) is 17.0. The summed E-state index contributed by atoms with van der Waals surface area (Å²) in [6.07, 6.45) is 1.80. The monoisotopic (exact) mass is 293 g/mol. The number of benzene rings is 2. The SMILES string of the molecule is Nc1cc(-c2ccn(-c3ccccc3)n2)ccc1CC(=O)O. The molecule has 0 saturated heterocycles. The number of anilines is 1. The molecular formula is C17H15N3O2. The van der Waals surface area contributed by atoms with E-state index in [2.05, 4.69) is 5.10 Å². The van der Waals surface area contributed by atoms with E-state index in [1.807, 2.05) is 48.7 Å². The van der Waals surface area contributed by atoms with Crippen molar-refractivity contribution in [1.82, 2.24) is 9.78 Å². The van der Waals surface area contributed by atoms with Crippen molar-refractivity contribution >= 4 is 11.7 Å². The maximum absolute atomic E-state index is 10.8. The minimum absolute atomic E-state index is 0.0788. The summed E-state index contributed by atoms with van der Waals surface area (Å²) in [6.45, 7) is 0. The average Bonchev–Trinajstić information content (AvgIpc) is 3.00. The number of aromatic nitrogens is 2. The molecule has 0 spiro atoms. The number of para-hydroxylation sites is 1. The Kier molecular flexibility index (Phi) is 3.62. The topological polar surface area (TPSA) is 81.1 Å². The molecule has 0 aliphatic heterocycles. The van der Waals surface area contributed by atoms with Crippen LogP contribution in [0.25, 0.3) is 16.9 Å². The van der Waals surface area contributed by atoms with Crippen molar-refractivity contribution in [3.05, 3.63) is 66.4 Å². The fourth-order valence-corrected chi connectivity index (χ4v) is 2.28. The lowest BCUT2D eigenvalue weighted by atomic mass is 10.0. The Morgan fingerprint density at radius 3 is 2.59 bits per heavy atom. The first-order valence-electron chi connectivity index (χ1n) is 6.85. The normalized spacial score (nSPS) is 10.5. The quantitative estimate of drug-likeness (QED) is 0.725. The third-order valence-electron chi connectivity index (χ3n) is 3.39. The van der Waals surface area contributed by atoms with Gasteiger partial charge in [-0.3, -0.25) is 4.79 Å². The third kappa shape index (κ3) is 2.83. The highest BCUT2D eigenvalue weighted by atomic mass is 16.4. The van der Waals surface area contributed by atoms with E-state index in [1.54, 1.807) is 16.8 Å². The van der Waals surface area contributed by atoms with E-state index in [0.717, 1.165) is 16.9 Å². The van der Waals surface area contributed by atoms with Crippen LogP contribution in [-0.2, 0) is 11.2 Å². The van der Waals surface area contributed by atoms with Crippen LogP contribution in [0.1, 0.15) is 5.56 Å². The van der Waals surface area contributed by atoms with E-state index in [1.165, 1.54) is 0 Å². The predicted molar refractivity (Wildman–Crippen MR) is 84.8 cm³/mol. The van der Waals surface area contributed by atoms with Gasteiger partial charge in [-0.1, -0.05) is 30.3 Å². The van der Waals surface area contributed by atoms with Gasteiger partial charge >= 0.3 is 5.97 Å². The summed E-state index contributed by atoms with van der Waals surface area (Å²) in [4.78, 5) is 10.8. The molecule has 0 unspecified atom stereocenters. The molecule has 0 atom stereocenters. The second kappa shape index (κ2) is 5.73. The molecule has 1 aromatic heterocycles. The summed E-state index contributed by atoms with van der Waals surface area (Å²) in [5.74, 6) is -0.896. The molecule has 0 amide bonds. The second-order valence-electron chi connectivity index (χ2n) is 4.97. The predicted octanol–water partition coefficient (Wildman–Crippen LogP) is 2.75. The molecule has 0 aliphatic carbocycles. The minimum Gasteiger partial charge on any atom is -0.481 e. The number of hydrogen-bond acceptors (Lipinski definition) is 3. The highest BCUT2D eigenvalue weighted by molar-refractivity contribution is 5.75. The maximum Gasteiger partial charge on any atom is 0.307 e. The Bertz CT molecular complexity index is 810. The first kappa shape index (κ1) is 13.9. The molecule has 110 valence electrons. The van der Waals surface area contributed by atoms with E-state index in [9.17, 15) is 4.79 Å². The lowest BCUT2D eigenvalue weighted by Crippen LogP contribution is -2.03. The molecule has 0 saturated carbocycles. The van der Waals surface area contributed by atoms with Gasteiger partial charge in [-0.05, 0) is 29.8 Å². The van der Waals surface area contributed by atoms with Crippen LogP contribution in [0.4, 0.5) is 5.69 Å². The fourth-order valence-electron chi connectivity index (χ4n) is 2.28. The number of nitrogens with zero attached hydrogens (tertiary/aromatic N) is 2. The molecule has 3 rings (SSSR count). The molecule has 2 aromatic carbocycles. The van der Waals surface area contributed by atoms with Crippen molar-refractivity contribution in [3.8, 4) is 16.9 Å². The summed E-state index contributed by atoms with van der Waals surface area (Å²) in [5, 5.41) is 13.4. The molecule has 0 radical (unpaired) electrons. The average molecular weight is 293 g/mol. The van der Waals surface area contributed by atoms with Crippen molar-refractivity contribution in [2.75, 3.05) is 5.73 Å². The Hall–Kier alpha value is -3.08. The van der Waals surface area contributed by atoms with Gasteiger partial charge in [0.1, 0.15) is 0 Å². The number of carbonyl (C=O) groups is 1. The van der Waals surface area contributed by atoms with Gasteiger partial charge in [-0.2, -0.15) is 5.10 Å². The van der Waals surface area contributed by atoms with Crippen LogP contribution < -0.4 is 5.73 Å². The van der Waals surface area contributed by atoms with Crippen LogP contribution >= 0.6 is 0 Å². The zero-order valence-corrected chi connectivity index (χ0v) is 11.8. The van der Waals surface area contributed by atoms with Crippen molar-refractivity contribution in [2.45, 2.75) is 6.42 Å². The molecule has 22 heavy (non-hydrogen) atoms. The molecule has 3 aromatic rings. The summed E-state index contributed by atoms with van der Waals surface area (Å²) < 4.78 is 1.79. The zero-order chi connectivity index (χ0) is 15.5. The first-order valence-corrected chi connectivity index (χ1v) is 6.85. The maximum atomic E-state index is 10.8. The van der Waals surface area contributed by atoms with Crippen LogP contribution in [0.15, 0.2) is 60.8 Å². The van der Waals surface area contributed by atoms with Crippen molar-refractivity contribution in [3.63, 3.8) is 0 Å². The van der Waals surface area contributed by atoms with Crippen LogP contribution in [0.3, 0.4) is 0 Å². The van der Waals surface area contributed by atoms with E-state index in [0.29, 0.717) is 11.3 Å². The number of hydrogen-bond donors (Lipinski definition) is 2. The number of aliphatic carboxylic acids is 1. The highest BCUT2D eigenvalue weighted by Gasteiger charge is 2.08. The van der Waals surface area contributed by atoms with E-state index in [-0.39, 0.29) is 6.42 Å². The van der Waals surface area contributed by atoms with Crippen molar-refractivity contribution < 1.29 is 9.90 Å². The Labute approximate surface area is 127 Å². The van der Waals surface area contributed by atoms with Gasteiger partial charge in [0, 0.05) is 17.4 Å². The standard InChI is InChI=1S/C17H15N3O2/c18-15-10-13(7-6-12(15)11-17(21)22)16-8-9-20(19-16)14-4-2-1-3-5-14/h1-10H,11,18H2,(H,21,22). The van der Waals surface area contributed by atoms with Gasteiger partial charge in [0.2, 0.25) is 0 Å². The summed E-state index contributed by atoms with van der Waals surface area (Å²) in [7, 11) is 0. The molecule has 5 heteroatoms. The molecular weight excluding hydrogens is 278 g/mol. The molecule has 5 nitrogen and oxygen atoms in total. The number of nitrogen functional groups attached to an aromatic ring is 1. The van der Waals surface area contributed by atoms with E-state index >= 15 is 0 Å². The van der Waals surface area contributed by atoms with Crippen LogP contribution in [0, 0.1) is 0 Å². The molecule has 0 fully saturated rings. The Morgan fingerprint density at radius 2 is 1.91 bits per heavy atom. The number of rotatable bonds is 4. The van der Waals surface area contributed by atoms with Crippen molar-refractivity contribution in [1.29, 1.82) is 0 Å². The van der Waals surface area contributed by atoms with E-state index in [4.69, 9.17) is 10.8 Å². The Balaban J connectivity index is 1.91. The minimum atomic E-state index is -0.896.